The molecule has 0 N–H and O–H groups in total. The second kappa shape index (κ2) is 6.32. The van der Waals surface area contributed by atoms with E-state index in [9.17, 15) is 19.3 Å². The lowest BCUT2D eigenvalue weighted by molar-refractivity contribution is -0.384. The molecule has 0 aliphatic rings. The van der Waals surface area contributed by atoms with Gasteiger partial charge in [0.05, 0.1) is 9.95 Å². The number of Topliss-reactive ketones (excluding diaryl/α,β-unsaturated/α-hetero) is 1. The molecule has 0 radical (unpaired) electrons. The van der Waals surface area contributed by atoms with Gasteiger partial charge in [0.1, 0.15) is 11.6 Å². The molecule has 0 spiro atoms. The predicted octanol–water partition coefficient (Wildman–Crippen LogP) is 3.65. The van der Waals surface area contributed by atoms with Gasteiger partial charge in [0.15, 0.2) is 12.4 Å². The van der Waals surface area contributed by atoms with Gasteiger partial charge in [0.2, 0.25) is 0 Å². The number of hydrogen-bond acceptors (Lipinski definition) is 4. The van der Waals surface area contributed by atoms with Crippen LogP contribution in [0.4, 0.5) is 10.1 Å². The van der Waals surface area contributed by atoms with Crippen molar-refractivity contribution in [2.24, 2.45) is 0 Å². The Morgan fingerprint density at radius 2 is 2.05 bits per heavy atom. The fraction of sp³-hybridized carbons (Fsp3) is 0.0714. The van der Waals surface area contributed by atoms with E-state index in [1.165, 1.54) is 30.3 Å². The van der Waals surface area contributed by atoms with Crippen molar-refractivity contribution < 1.29 is 18.8 Å². The average Bonchev–Trinajstić information content (AvgIpc) is 2.45. The van der Waals surface area contributed by atoms with Crippen molar-refractivity contribution in [2.75, 3.05) is 6.61 Å². The van der Waals surface area contributed by atoms with Gasteiger partial charge in [-0.25, -0.2) is 4.39 Å². The molecule has 0 unspecified atom stereocenters. The molecule has 0 atom stereocenters. The van der Waals surface area contributed by atoms with E-state index >= 15 is 0 Å². The van der Waals surface area contributed by atoms with Crippen molar-refractivity contribution in [2.45, 2.75) is 0 Å². The van der Waals surface area contributed by atoms with Gasteiger partial charge in [0, 0.05) is 17.7 Å². The smallest absolute Gasteiger partial charge is 0.271 e. The molecule has 0 aliphatic carbocycles. The summed E-state index contributed by atoms with van der Waals surface area (Å²) in [5.74, 6) is -0.801. The topological polar surface area (TPSA) is 69.4 Å². The number of benzene rings is 2. The lowest BCUT2D eigenvalue weighted by atomic mass is 10.1. The summed E-state index contributed by atoms with van der Waals surface area (Å²) in [5.41, 5.74) is -0.00292. The summed E-state index contributed by atoms with van der Waals surface area (Å²) in [6.45, 7) is -0.346. The van der Waals surface area contributed by atoms with Crippen LogP contribution >= 0.6 is 11.6 Å². The Hall–Kier alpha value is -2.47. The van der Waals surface area contributed by atoms with Crippen molar-refractivity contribution in [3.8, 4) is 5.75 Å². The molecule has 5 nitrogen and oxygen atoms in total. The summed E-state index contributed by atoms with van der Waals surface area (Å²) in [6, 6.07) is 8.86. The van der Waals surface area contributed by atoms with E-state index in [0.29, 0.717) is 0 Å². The van der Waals surface area contributed by atoms with Crippen LogP contribution in [0.3, 0.4) is 0 Å². The molecule has 108 valence electrons. The van der Waals surface area contributed by atoms with Crippen LogP contribution in [0.1, 0.15) is 10.4 Å². The van der Waals surface area contributed by atoms with Gasteiger partial charge in [-0.3, -0.25) is 14.9 Å². The molecule has 0 bridgehead atoms. The zero-order valence-electron chi connectivity index (χ0n) is 10.6. The van der Waals surface area contributed by atoms with Gasteiger partial charge >= 0.3 is 0 Å². The third kappa shape index (κ3) is 3.76. The van der Waals surface area contributed by atoms with E-state index in [2.05, 4.69) is 0 Å². The molecule has 2 aromatic carbocycles. The van der Waals surface area contributed by atoms with Crippen molar-refractivity contribution >= 4 is 23.1 Å². The molecule has 0 amide bonds. The minimum Gasteiger partial charge on any atom is -0.484 e. The summed E-state index contributed by atoms with van der Waals surface area (Å²) in [4.78, 5) is 21.8. The molecule has 2 aromatic rings. The van der Waals surface area contributed by atoms with Crippen LogP contribution in [-0.2, 0) is 0 Å². The lowest BCUT2D eigenvalue weighted by Crippen LogP contribution is -2.12. The van der Waals surface area contributed by atoms with Gasteiger partial charge < -0.3 is 4.74 Å². The fourth-order valence-electron chi connectivity index (χ4n) is 1.61. The van der Waals surface area contributed by atoms with Crippen molar-refractivity contribution in [3.05, 3.63) is 69.0 Å². The van der Waals surface area contributed by atoms with Crippen LogP contribution in [0, 0.1) is 15.9 Å². The standard InChI is InChI=1S/C14H9ClFNO4/c15-12-7-11(17(19)20)4-5-14(12)21-8-13(18)9-2-1-3-10(16)6-9/h1-7H,8H2. The van der Waals surface area contributed by atoms with Gasteiger partial charge in [-0.15, -0.1) is 0 Å². The van der Waals surface area contributed by atoms with E-state index in [-0.39, 0.29) is 28.6 Å². The van der Waals surface area contributed by atoms with Crippen molar-refractivity contribution in [1.82, 2.24) is 0 Å². The summed E-state index contributed by atoms with van der Waals surface area (Å²) >= 11 is 5.83. The number of ether oxygens (including phenoxy) is 1. The molecular formula is C14H9ClFNO4. The van der Waals surface area contributed by atoms with Gasteiger partial charge in [-0.2, -0.15) is 0 Å². The van der Waals surface area contributed by atoms with E-state index in [1.54, 1.807) is 0 Å². The van der Waals surface area contributed by atoms with E-state index in [4.69, 9.17) is 16.3 Å². The molecule has 0 fully saturated rings. The third-order valence-electron chi connectivity index (χ3n) is 2.63. The highest BCUT2D eigenvalue weighted by Crippen LogP contribution is 2.28. The first-order valence-electron chi connectivity index (χ1n) is 5.83. The van der Waals surface area contributed by atoms with Crippen molar-refractivity contribution in [3.63, 3.8) is 0 Å². The summed E-state index contributed by atoms with van der Waals surface area (Å²) < 4.78 is 18.2. The number of nitrogens with zero attached hydrogens (tertiary/aromatic N) is 1. The highest BCUT2D eigenvalue weighted by molar-refractivity contribution is 6.32. The van der Waals surface area contributed by atoms with Crippen LogP contribution in [0.5, 0.6) is 5.75 Å². The maximum atomic E-state index is 13.0. The van der Waals surface area contributed by atoms with Crippen LogP contribution in [0.15, 0.2) is 42.5 Å². The zero-order valence-corrected chi connectivity index (χ0v) is 11.3. The minimum absolute atomic E-state index is 0.0243. The number of nitro groups is 1. The number of ketones is 1. The molecule has 0 heterocycles. The number of rotatable bonds is 5. The fourth-order valence-corrected chi connectivity index (χ4v) is 1.84. The highest BCUT2D eigenvalue weighted by atomic mass is 35.5. The van der Waals surface area contributed by atoms with E-state index in [1.807, 2.05) is 0 Å². The second-order valence-electron chi connectivity index (χ2n) is 4.09. The zero-order chi connectivity index (χ0) is 15.4. The maximum absolute atomic E-state index is 13.0. The number of nitro benzene ring substituents is 1. The van der Waals surface area contributed by atoms with Crippen LogP contribution in [0.2, 0.25) is 5.02 Å². The number of hydrogen-bond donors (Lipinski definition) is 0. The average molecular weight is 310 g/mol. The van der Waals surface area contributed by atoms with Gasteiger partial charge in [-0.05, 0) is 18.2 Å². The summed E-state index contributed by atoms with van der Waals surface area (Å²) in [5, 5.41) is 10.6. The monoisotopic (exact) mass is 309 g/mol. The first kappa shape index (κ1) is 14.9. The van der Waals surface area contributed by atoms with Crippen molar-refractivity contribution in [1.29, 1.82) is 0 Å². The molecule has 0 aliphatic heterocycles. The molecule has 2 rings (SSSR count). The maximum Gasteiger partial charge on any atom is 0.271 e. The lowest BCUT2D eigenvalue weighted by Gasteiger charge is -2.07. The highest BCUT2D eigenvalue weighted by Gasteiger charge is 2.12. The Morgan fingerprint density at radius 1 is 1.29 bits per heavy atom. The summed E-state index contributed by atoms with van der Waals surface area (Å²) in [7, 11) is 0. The van der Waals surface area contributed by atoms with Crippen LogP contribution in [-0.4, -0.2) is 17.3 Å². The Bertz CT molecular complexity index is 705. The molecule has 0 saturated heterocycles. The first-order valence-corrected chi connectivity index (χ1v) is 6.20. The van der Waals surface area contributed by atoms with E-state index in [0.717, 1.165) is 12.1 Å². The van der Waals surface area contributed by atoms with E-state index < -0.39 is 16.5 Å². The van der Waals surface area contributed by atoms with Gasteiger partial charge in [0.25, 0.3) is 5.69 Å². The third-order valence-corrected chi connectivity index (χ3v) is 2.93. The number of halogens is 2. The Kier molecular flexibility index (Phi) is 4.49. The normalized spacial score (nSPS) is 10.2. The first-order chi connectivity index (χ1) is 9.97. The Morgan fingerprint density at radius 3 is 2.67 bits per heavy atom. The SMILES string of the molecule is O=C(COc1ccc([N+](=O)[O-])cc1Cl)c1cccc(F)c1. The van der Waals surface area contributed by atoms with Crippen LogP contribution in [0.25, 0.3) is 0 Å². The Labute approximate surface area is 124 Å². The number of carbonyl (C=O) groups excluding carboxylic acids is 1. The summed E-state index contributed by atoms with van der Waals surface area (Å²) in [6.07, 6.45) is 0. The predicted molar refractivity (Wildman–Crippen MR) is 74.3 cm³/mol. The molecular weight excluding hydrogens is 301 g/mol. The number of carbonyl (C=O) groups is 1. The number of non-ortho nitro benzene ring substituents is 1. The Balaban J connectivity index is 2.06. The molecule has 21 heavy (non-hydrogen) atoms. The molecule has 0 aromatic heterocycles. The van der Waals surface area contributed by atoms with Crippen LogP contribution < -0.4 is 4.74 Å². The largest absolute Gasteiger partial charge is 0.484 e. The minimum atomic E-state index is -0.590. The molecule has 7 heteroatoms. The molecule has 0 saturated carbocycles. The second-order valence-corrected chi connectivity index (χ2v) is 4.50. The quantitative estimate of drug-likeness (QED) is 0.480. The van der Waals surface area contributed by atoms with Gasteiger partial charge in [-0.1, -0.05) is 23.7 Å².